The largest absolute Gasteiger partial charge is 0.309 e. The molecule has 0 amide bonds. The summed E-state index contributed by atoms with van der Waals surface area (Å²) in [6, 6.07) is 13.2. The minimum absolute atomic E-state index is 0.399. The number of aromatic nitrogens is 1. The monoisotopic (exact) mass is 302 g/mol. The van der Waals surface area contributed by atoms with Gasteiger partial charge in [0, 0.05) is 12.2 Å². The van der Waals surface area contributed by atoms with Gasteiger partial charge in [-0.1, -0.05) is 30.3 Å². The Bertz CT molecular complexity index is 539. The number of hydrogen-bond donors (Lipinski definition) is 1. The molecule has 0 bridgehead atoms. The number of hydrogen-bond acceptors (Lipinski definition) is 2. The zero-order valence-corrected chi connectivity index (χ0v) is 11.7. The topological polar surface area (TPSA) is 24.9 Å². The summed E-state index contributed by atoms with van der Waals surface area (Å²) >= 11 is 3.56. The molecule has 18 heavy (non-hydrogen) atoms. The van der Waals surface area contributed by atoms with Crippen molar-refractivity contribution in [3.63, 3.8) is 0 Å². The maximum atomic E-state index is 4.32. The Hall–Kier alpha value is -1.19. The van der Waals surface area contributed by atoms with E-state index < -0.39 is 0 Å². The van der Waals surface area contributed by atoms with E-state index in [-0.39, 0.29) is 0 Å². The third-order valence-corrected chi connectivity index (χ3v) is 4.15. The van der Waals surface area contributed by atoms with Gasteiger partial charge in [0.25, 0.3) is 0 Å². The fraction of sp³-hybridized carbons (Fsp3) is 0.267. The Morgan fingerprint density at radius 3 is 2.89 bits per heavy atom. The Balaban J connectivity index is 1.90. The lowest BCUT2D eigenvalue weighted by Gasteiger charge is -2.27. The molecule has 2 heterocycles. The summed E-state index contributed by atoms with van der Waals surface area (Å²) in [4.78, 5) is 4.32. The highest BCUT2D eigenvalue weighted by molar-refractivity contribution is 9.10. The molecule has 1 N–H and O–H groups in total. The minimum Gasteiger partial charge on any atom is -0.309 e. The zero-order valence-electron chi connectivity index (χ0n) is 10.1. The highest BCUT2D eigenvalue weighted by Crippen LogP contribution is 2.29. The molecular weight excluding hydrogens is 288 g/mol. The molecule has 0 saturated carbocycles. The number of halogens is 1. The molecule has 0 aliphatic carbocycles. The number of fused-ring (bicyclic) bond motifs is 1. The van der Waals surface area contributed by atoms with E-state index in [0.29, 0.717) is 6.04 Å². The van der Waals surface area contributed by atoms with E-state index in [9.17, 15) is 0 Å². The maximum Gasteiger partial charge on any atom is 0.109 e. The van der Waals surface area contributed by atoms with Crippen LogP contribution in [-0.2, 0) is 12.8 Å². The molecule has 0 fully saturated rings. The molecule has 0 saturated heterocycles. The summed E-state index contributed by atoms with van der Waals surface area (Å²) < 4.78 is 1.000. The molecule has 1 aliphatic rings. The predicted molar refractivity (Wildman–Crippen MR) is 76.5 cm³/mol. The van der Waals surface area contributed by atoms with Crippen molar-refractivity contribution < 1.29 is 0 Å². The standard InChI is InChI=1S/C15H15BrN2/c16-15-13-7-8-17-14(12(13)6-9-18-15)10-11-4-2-1-3-5-11/h1-6,9,14,17H,7-8,10H2. The smallest absolute Gasteiger partial charge is 0.109 e. The SMILES string of the molecule is Brc1nccc2c1CCNC2Cc1ccccc1. The van der Waals surface area contributed by atoms with Crippen LogP contribution >= 0.6 is 15.9 Å². The average molecular weight is 303 g/mol. The van der Waals surface area contributed by atoms with Crippen molar-refractivity contribution >= 4 is 15.9 Å². The van der Waals surface area contributed by atoms with Crippen molar-refractivity contribution in [3.05, 3.63) is 63.9 Å². The van der Waals surface area contributed by atoms with Crippen molar-refractivity contribution in [2.75, 3.05) is 6.54 Å². The van der Waals surface area contributed by atoms with Gasteiger partial charge in [-0.05, 0) is 58.1 Å². The molecule has 92 valence electrons. The van der Waals surface area contributed by atoms with Gasteiger partial charge in [-0.3, -0.25) is 0 Å². The van der Waals surface area contributed by atoms with Crippen LogP contribution in [0.1, 0.15) is 22.7 Å². The molecule has 0 spiro atoms. The van der Waals surface area contributed by atoms with Gasteiger partial charge in [-0.15, -0.1) is 0 Å². The first-order valence-electron chi connectivity index (χ1n) is 6.25. The third kappa shape index (κ3) is 2.33. The summed E-state index contributed by atoms with van der Waals surface area (Å²) in [5, 5.41) is 3.60. The van der Waals surface area contributed by atoms with E-state index in [1.54, 1.807) is 0 Å². The lowest BCUT2D eigenvalue weighted by molar-refractivity contribution is 0.500. The van der Waals surface area contributed by atoms with Crippen LogP contribution in [0, 0.1) is 0 Å². The molecule has 1 aromatic heterocycles. The van der Waals surface area contributed by atoms with Crippen LogP contribution in [0.25, 0.3) is 0 Å². The molecule has 2 aromatic rings. The van der Waals surface area contributed by atoms with Gasteiger partial charge in [-0.25, -0.2) is 4.98 Å². The van der Waals surface area contributed by atoms with E-state index in [0.717, 1.165) is 24.0 Å². The minimum atomic E-state index is 0.399. The molecule has 1 atom stereocenters. The Morgan fingerprint density at radius 2 is 2.06 bits per heavy atom. The molecule has 1 aromatic carbocycles. The highest BCUT2D eigenvalue weighted by atomic mass is 79.9. The van der Waals surface area contributed by atoms with Gasteiger partial charge in [0.1, 0.15) is 4.60 Å². The number of benzene rings is 1. The van der Waals surface area contributed by atoms with Crippen LogP contribution < -0.4 is 5.32 Å². The Kier molecular flexibility index (Phi) is 3.43. The van der Waals surface area contributed by atoms with Crippen LogP contribution in [0.3, 0.4) is 0 Å². The first-order chi connectivity index (χ1) is 8.84. The summed E-state index contributed by atoms with van der Waals surface area (Å²) in [6.07, 6.45) is 3.97. The molecule has 1 aliphatic heterocycles. The maximum absolute atomic E-state index is 4.32. The molecule has 1 unspecified atom stereocenters. The average Bonchev–Trinajstić information content (AvgIpc) is 2.41. The summed E-state index contributed by atoms with van der Waals surface area (Å²) in [5.74, 6) is 0. The third-order valence-electron chi connectivity index (χ3n) is 3.46. The van der Waals surface area contributed by atoms with Crippen LogP contribution in [0.4, 0.5) is 0 Å². The zero-order chi connectivity index (χ0) is 12.4. The first kappa shape index (κ1) is 11.9. The molecule has 0 radical (unpaired) electrons. The van der Waals surface area contributed by atoms with Gasteiger partial charge in [-0.2, -0.15) is 0 Å². The lowest BCUT2D eigenvalue weighted by Crippen LogP contribution is -2.31. The molecule has 2 nitrogen and oxygen atoms in total. The van der Waals surface area contributed by atoms with Crippen LogP contribution in [0.15, 0.2) is 47.2 Å². The van der Waals surface area contributed by atoms with Gasteiger partial charge < -0.3 is 5.32 Å². The van der Waals surface area contributed by atoms with Crippen molar-refractivity contribution in [1.29, 1.82) is 0 Å². The number of rotatable bonds is 2. The normalized spacial score (nSPS) is 18.4. The molecule has 3 heteroatoms. The number of pyridine rings is 1. The first-order valence-corrected chi connectivity index (χ1v) is 7.04. The van der Waals surface area contributed by atoms with Gasteiger partial charge in [0.05, 0.1) is 0 Å². The lowest BCUT2D eigenvalue weighted by atomic mass is 9.92. The fourth-order valence-electron chi connectivity index (χ4n) is 2.57. The second kappa shape index (κ2) is 5.21. The van der Waals surface area contributed by atoms with Gasteiger partial charge in [0.15, 0.2) is 0 Å². The second-order valence-corrected chi connectivity index (χ2v) is 5.37. The Labute approximate surface area is 116 Å². The molecule has 3 rings (SSSR count). The quantitative estimate of drug-likeness (QED) is 0.861. The second-order valence-electron chi connectivity index (χ2n) is 4.62. The van der Waals surface area contributed by atoms with Crippen molar-refractivity contribution in [2.24, 2.45) is 0 Å². The Morgan fingerprint density at radius 1 is 1.22 bits per heavy atom. The number of nitrogens with one attached hydrogen (secondary N) is 1. The van der Waals surface area contributed by atoms with Crippen molar-refractivity contribution in [2.45, 2.75) is 18.9 Å². The van der Waals surface area contributed by atoms with Gasteiger partial charge in [0.2, 0.25) is 0 Å². The van der Waals surface area contributed by atoms with E-state index in [4.69, 9.17) is 0 Å². The molecular formula is C15H15BrN2. The number of nitrogens with zero attached hydrogens (tertiary/aromatic N) is 1. The fourth-order valence-corrected chi connectivity index (χ4v) is 3.11. The highest BCUT2D eigenvalue weighted by Gasteiger charge is 2.21. The van der Waals surface area contributed by atoms with Crippen molar-refractivity contribution in [3.8, 4) is 0 Å². The van der Waals surface area contributed by atoms with E-state index in [2.05, 4.69) is 62.6 Å². The van der Waals surface area contributed by atoms with E-state index in [1.807, 2.05) is 6.20 Å². The van der Waals surface area contributed by atoms with E-state index in [1.165, 1.54) is 16.7 Å². The predicted octanol–water partition coefficient (Wildman–Crippen LogP) is 3.27. The van der Waals surface area contributed by atoms with Crippen molar-refractivity contribution in [1.82, 2.24) is 10.3 Å². The van der Waals surface area contributed by atoms with Crippen LogP contribution in [-0.4, -0.2) is 11.5 Å². The van der Waals surface area contributed by atoms with Crippen LogP contribution in [0.5, 0.6) is 0 Å². The van der Waals surface area contributed by atoms with E-state index >= 15 is 0 Å². The summed E-state index contributed by atoms with van der Waals surface area (Å²) in [5.41, 5.74) is 4.11. The summed E-state index contributed by atoms with van der Waals surface area (Å²) in [6.45, 7) is 1.02. The summed E-state index contributed by atoms with van der Waals surface area (Å²) in [7, 11) is 0. The van der Waals surface area contributed by atoms with Crippen LogP contribution in [0.2, 0.25) is 0 Å². The van der Waals surface area contributed by atoms with Gasteiger partial charge >= 0.3 is 0 Å².